The Morgan fingerprint density at radius 2 is 1.82 bits per heavy atom. The van der Waals surface area contributed by atoms with E-state index in [0.29, 0.717) is 0 Å². The quantitative estimate of drug-likeness (QED) is 0.754. The molecule has 0 bridgehead atoms. The maximum absolute atomic E-state index is 5.23. The molecule has 1 aromatic carbocycles. The van der Waals surface area contributed by atoms with E-state index in [-0.39, 0.29) is 5.41 Å². The first-order valence-corrected chi connectivity index (χ1v) is 5.74. The minimum Gasteiger partial charge on any atom is -0.497 e. The van der Waals surface area contributed by atoms with Gasteiger partial charge >= 0.3 is 0 Å². The third-order valence-electron chi connectivity index (χ3n) is 2.73. The fourth-order valence-corrected chi connectivity index (χ4v) is 1.92. The van der Waals surface area contributed by atoms with Gasteiger partial charge in [-0.15, -0.1) is 0 Å². The summed E-state index contributed by atoms with van der Waals surface area (Å²) in [6.07, 6.45) is 0. The van der Waals surface area contributed by atoms with Crippen molar-refractivity contribution in [3.63, 3.8) is 0 Å². The molecule has 3 nitrogen and oxygen atoms in total. The highest BCUT2D eigenvalue weighted by molar-refractivity contribution is 5.83. The van der Waals surface area contributed by atoms with Crippen LogP contribution in [0.4, 0.5) is 0 Å². The molecule has 17 heavy (non-hydrogen) atoms. The van der Waals surface area contributed by atoms with Crippen LogP contribution in [0.1, 0.15) is 32.3 Å². The number of aryl methyl sites for hydroxylation is 1. The normalized spacial score (nSPS) is 11.8. The largest absolute Gasteiger partial charge is 0.497 e. The Hall–Kier alpha value is -1.64. The Kier molecular flexibility index (Phi) is 2.77. The van der Waals surface area contributed by atoms with Crippen LogP contribution in [0.15, 0.2) is 18.2 Å². The van der Waals surface area contributed by atoms with E-state index in [1.54, 1.807) is 7.11 Å². The van der Waals surface area contributed by atoms with Gasteiger partial charge in [-0.25, -0.2) is 9.97 Å². The van der Waals surface area contributed by atoms with Gasteiger partial charge in [0.15, 0.2) is 0 Å². The first-order chi connectivity index (χ1) is 7.91. The minimum absolute atomic E-state index is 0.0144. The number of methoxy groups -OCH3 is 1. The zero-order valence-electron chi connectivity index (χ0n) is 11.0. The first-order valence-electron chi connectivity index (χ1n) is 5.74. The van der Waals surface area contributed by atoms with Gasteiger partial charge in [0.2, 0.25) is 0 Å². The number of fused-ring (bicyclic) bond motifs is 1. The molecule has 0 spiro atoms. The summed E-state index contributed by atoms with van der Waals surface area (Å²) in [7, 11) is 1.67. The van der Waals surface area contributed by atoms with Gasteiger partial charge in [0.25, 0.3) is 0 Å². The predicted molar refractivity (Wildman–Crippen MR) is 69.5 cm³/mol. The lowest BCUT2D eigenvalue weighted by Crippen LogP contribution is -2.15. The van der Waals surface area contributed by atoms with Gasteiger partial charge in [-0.1, -0.05) is 20.8 Å². The van der Waals surface area contributed by atoms with Crippen LogP contribution in [0.25, 0.3) is 10.9 Å². The number of ether oxygens (including phenoxy) is 1. The molecule has 0 aliphatic heterocycles. The lowest BCUT2D eigenvalue weighted by Gasteiger charge is -2.20. The fraction of sp³-hybridized carbons (Fsp3) is 0.429. The molecule has 0 aliphatic carbocycles. The molecule has 0 saturated carbocycles. The number of hydrogen-bond donors (Lipinski definition) is 0. The van der Waals surface area contributed by atoms with Gasteiger partial charge in [-0.05, 0) is 19.1 Å². The molecule has 1 heterocycles. The Morgan fingerprint density at radius 3 is 2.41 bits per heavy atom. The van der Waals surface area contributed by atoms with Crippen LogP contribution in [0, 0.1) is 6.92 Å². The summed E-state index contributed by atoms with van der Waals surface area (Å²) in [5.41, 5.74) is 2.05. The van der Waals surface area contributed by atoms with Crippen LogP contribution in [-0.4, -0.2) is 17.1 Å². The van der Waals surface area contributed by atoms with E-state index in [1.807, 2.05) is 25.1 Å². The number of nitrogens with zero attached hydrogens (tertiary/aromatic N) is 2. The van der Waals surface area contributed by atoms with Crippen molar-refractivity contribution in [3.8, 4) is 5.75 Å². The molecule has 0 fully saturated rings. The van der Waals surface area contributed by atoms with E-state index in [4.69, 9.17) is 4.74 Å². The summed E-state index contributed by atoms with van der Waals surface area (Å²) in [5.74, 6) is 1.63. The van der Waals surface area contributed by atoms with Crippen LogP contribution in [0.3, 0.4) is 0 Å². The van der Waals surface area contributed by atoms with Crippen molar-refractivity contribution in [1.29, 1.82) is 0 Å². The molecule has 0 N–H and O–H groups in total. The van der Waals surface area contributed by atoms with Crippen molar-refractivity contribution >= 4 is 10.9 Å². The van der Waals surface area contributed by atoms with Gasteiger partial charge in [0.1, 0.15) is 11.6 Å². The highest BCUT2D eigenvalue weighted by Crippen LogP contribution is 2.29. The zero-order chi connectivity index (χ0) is 12.6. The van der Waals surface area contributed by atoms with E-state index >= 15 is 0 Å². The Bertz CT molecular complexity index is 556. The maximum Gasteiger partial charge on any atom is 0.126 e. The summed E-state index contributed by atoms with van der Waals surface area (Å²) >= 11 is 0. The molecule has 90 valence electrons. The molecule has 0 unspecified atom stereocenters. The highest BCUT2D eigenvalue weighted by Gasteiger charge is 2.19. The van der Waals surface area contributed by atoms with E-state index in [9.17, 15) is 0 Å². The second-order valence-corrected chi connectivity index (χ2v) is 5.25. The first kappa shape index (κ1) is 11.8. The van der Waals surface area contributed by atoms with Crippen molar-refractivity contribution in [2.45, 2.75) is 33.1 Å². The summed E-state index contributed by atoms with van der Waals surface area (Å²) in [4.78, 5) is 9.04. The average molecular weight is 230 g/mol. The van der Waals surface area contributed by atoms with Crippen LogP contribution in [-0.2, 0) is 5.41 Å². The molecule has 0 aliphatic rings. The number of aromatic nitrogens is 2. The van der Waals surface area contributed by atoms with Crippen molar-refractivity contribution in [2.75, 3.05) is 7.11 Å². The van der Waals surface area contributed by atoms with Gasteiger partial charge in [-0.3, -0.25) is 0 Å². The third-order valence-corrected chi connectivity index (χ3v) is 2.73. The Labute approximate surface area is 102 Å². The smallest absolute Gasteiger partial charge is 0.126 e. The summed E-state index contributed by atoms with van der Waals surface area (Å²) in [6, 6.07) is 5.95. The average Bonchev–Trinajstić information content (AvgIpc) is 2.25. The van der Waals surface area contributed by atoms with E-state index in [1.165, 1.54) is 0 Å². The Morgan fingerprint density at radius 1 is 1.12 bits per heavy atom. The number of benzene rings is 1. The highest BCUT2D eigenvalue weighted by atomic mass is 16.5. The van der Waals surface area contributed by atoms with Crippen molar-refractivity contribution in [1.82, 2.24) is 9.97 Å². The molecule has 2 aromatic rings. The van der Waals surface area contributed by atoms with E-state index < -0.39 is 0 Å². The summed E-state index contributed by atoms with van der Waals surface area (Å²) in [6.45, 7) is 8.42. The van der Waals surface area contributed by atoms with Gasteiger partial charge in [0, 0.05) is 16.9 Å². The second kappa shape index (κ2) is 3.99. The van der Waals surface area contributed by atoms with Crippen LogP contribution < -0.4 is 4.74 Å². The number of hydrogen-bond acceptors (Lipinski definition) is 3. The van der Waals surface area contributed by atoms with Crippen LogP contribution >= 0.6 is 0 Å². The molecule has 0 saturated heterocycles. The molecule has 3 heteroatoms. The molecule has 2 rings (SSSR count). The third kappa shape index (κ3) is 2.23. The van der Waals surface area contributed by atoms with Crippen LogP contribution in [0.2, 0.25) is 0 Å². The fourth-order valence-electron chi connectivity index (χ4n) is 1.92. The molecular formula is C14H18N2O. The molecule has 0 amide bonds. The molecule has 0 radical (unpaired) electrons. The summed E-state index contributed by atoms with van der Waals surface area (Å²) in [5, 5.41) is 1.10. The van der Waals surface area contributed by atoms with Crippen molar-refractivity contribution < 1.29 is 4.74 Å². The van der Waals surface area contributed by atoms with Crippen molar-refractivity contribution in [3.05, 3.63) is 29.7 Å². The van der Waals surface area contributed by atoms with E-state index in [0.717, 1.165) is 28.2 Å². The van der Waals surface area contributed by atoms with Gasteiger partial charge < -0.3 is 4.74 Å². The second-order valence-electron chi connectivity index (χ2n) is 5.25. The van der Waals surface area contributed by atoms with Crippen molar-refractivity contribution in [2.24, 2.45) is 0 Å². The molecule has 1 aromatic heterocycles. The lowest BCUT2D eigenvalue weighted by molar-refractivity contribution is 0.415. The van der Waals surface area contributed by atoms with E-state index in [2.05, 4.69) is 30.7 Å². The topological polar surface area (TPSA) is 35.0 Å². The van der Waals surface area contributed by atoms with Crippen LogP contribution in [0.5, 0.6) is 5.75 Å². The minimum atomic E-state index is 0.0144. The molecular weight excluding hydrogens is 212 g/mol. The van der Waals surface area contributed by atoms with Gasteiger partial charge in [0.05, 0.1) is 18.3 Å². The molecule has 0 atom stereocenters. The van der Waals surface area contributed by atoms with Gasteiger partial charge in [-0.2, -0.15) is 0 Å². The Balaban J connectivity index is 2.77. The lowest BCUT2D eigenvalue weighted by atomic mass is 9.89. The summed E-state index contributed by atoms with van der Waals surface area (Å²) < 4.78 is 5.23. The standard InChI is InChI=1S/C14H18N2O/c1-9-15-12-8-10(17-5)6-7-11(12)13(16-9)14(2,3)4/h6-8H,1-5H3. The SMILES string of the molecule is COc1ccc2c(C(C)(C)C)nc(C)nc2c1. The number of rotatable bonds is 1. The predicted octanol–water partition coefficient (Wildman–Crippen LogP) is 3.24. The zero-order valence-corrected chi connectivity index (χ0v) is 11.0. The maximum atomic E-state index is 5.23. The monoisotopic (exact) mass is 230 g/mol.